The molecule has 6 heteroatoms. The zero-order valence-electron chi connectivity index (χ0n) is 14.6. The van der Waals surface area contributed by atoms with E-state index >= 15 is 0 Å². The number of hydrogen-bond acceptors (Lipinski definition) is 4. The van der Waals surface area contributed by atoms with E-state index in [-0.39, 0.29) is 18.1 Å². The summed E-state index contributed by atoms with van der Waals surface area (Å²) in [5, 5.41) is 5.97. The summed E-state index contributed by atoms with van der Waals surface area (Å²) in [6.45, 7) is 4.58. The molecule has 0 spiro atoms. The van der Waals surface area contributed by atoms with Crippen LogP contribution in [0.3, 0.4) is 0 Å². The van der Waals surface area contributed by atoms with E-state index in [1.54, 1.807) is 18.7 Å². The zero-order chi connectivity index (χ0) is 17.5. The third-order valence-electron chi connectivity index (χ3n) is 4.71. The van der Waals surface area contributed by atoms with E-state index in [1.807, 2.05) is 31.2 Å². The van der Waals surface area contributed by atoms with Crippen molar-refractivity contribution in [1.29, 1.82) is 0 Å². The molecule has 0 aliphatic carbocycles. The second-order valence-electron chi connectivity index (χ2n) is 6.48. The summed E-state index contributed by atoms with van der Waals surface area (Å²) in [6, 6.07) is 7.54. The van der Waals surface area contributed by atoms with Gasteiger partial charge in [-0.3, -0.25) is 9.88 Å². The van der Waals surface area contributed by atoms with Gasteiger partial charge in [-0.2, -0.15) is 0 Å². The van der Waals surface area contributed by atoms with Crippen molar-refractivity contribution in [3.05, 3.63) is 54.2 Å². The number of piperidine rings is 1. The number of amides is 2. The molecule has 2 amide bonds. The summed E-state index contributed by atoms with van der Waals surface area (Å²) in [4.78, 5) is 18.7. The third-order valence-corrected chi connectivity index (χ3v) is 4.71. The number of pyridine rings is 1. The van der Waals surface area contributed by atoms with E-state index in [2.05, 4.69) is 20.5 Å². The molecule has 2 unspecified atom stereocenters. The first-order valence-electron chi connectivity index (χ1n) is 8.96. The highest BCUT2D eigenvalue weighted by molar-refractivity contribution is 5.74. The average Bonchev–Trinajstić information content (AvgIpc) is 3.18. The Morgan fingerprint density at radius 2 is 2.00 bits per heavy atom. The van der Waals surface area contributed by atoms with E-state index in [0.29, 0.717) is 6.54 Å². The summed E-state index contributed by atoms with van der Waals surface area (Å²) < 4.78 is 5.61. The number of urea groups is 1. The monoisotopic (exact) mass is 342 g/mol. The molecule has 25 heavy (non-hydrogen) atoms. The van der Waals surface area contributed by atoms with Crippen molar-refractivity contribution in [2.45, 2.75) is 38.3 Å². The molecule has 1 saturated heterocycles. The van der Waals surface area contributed by atoms with E-state index in [1.165, 1.54) is 19.3 Å². The summed E-state index contributed by atoms with van der Waals surface area (Å²) in [6.07, 6.45) is 8.82. The van der Waals surface area contributed by atoms with Gasteiger partial charge in [0.2, 0.25) is 0 Å². The van der Waals surface area contributed by atoms with E-state index in [4.69, 9.17) is 4.42 Å². The zero-order valence-corrected chi connectivity index (χ0v) is 14.6. The summed E-state index contributed by atoms with van der Waals surface area (Å²) in [5.41, 5.74) is 1.03. The molecule has 2 aromatic heterocycles. The number of nitrogens with one attached hydrogen (secondary N) is 2. The van der Waals surface area contributed by atoms with Crippen LogP contribution < -0.4 is 10.6 Å². The van der Waals surface area contributed by atoms with Crippen LogP contribution in [0.4, 0.5) is 4.79 Å². The first-order valence-corrected chi connectivity index (χ1v) is 8.96. The summed E-state index contributed by atoms with van der Waals surface area (Å²) in [7, 11) is 0. The molecule has 2 aromatic rings. The van der Waals surface area contributed by atoms with Crippen LogP contribution in [0.5, 0.6) is 0 Å². The van der Waals surface area contributed by atoms with Crippen LogP contribution >= 0.6 is 0 Å². The molecule has 0 bridgehead atoms. The Hall–Kier alpha value is -2.34. The quantitative estimate of drug-likeness (QED) is 0.845. The Kier molecular flexibility index (Phi) is 6.06. The molecule has 0 saturated carbocycles. The Bertz CT molecular complexity index is 639. The third kappa shape index (κ3) is 4.82. The van der Waals surface area contributed by atoms with Crippen LogP contribution in [0.25, 0.3) is 0 Å². The SMILES string of the molecule is CC(NC(=O)NCC(c1ccco1)N1CCCCC1)c1ccncc1. The number of nitrogens with zero attached hydrogens (tertiary/aromatic N) is 2. The number of rotatable bonds is 6. The maximum absolute atomic E-state index is 12.3. The van der Waals surface area contributed by atoms with E-state index in [0.717, 1.165) is 24.4 Å². The molecule has 0 aromatic carbocycles. The first kappa shape index (κ1) is 17.5. The van der Waals surface area contributed by atoms with Crippen LogP contribution in [-0.4, -0.2) is 35.5 Å². The minimum Gasteiger partial charge on any atom is -0.468 e. The van der Waals surface area contributed by atoms with Crippen LogP contribution in [0, 0.1) is 0 Å². The molecule has 2 N–H and O–H groups in total. The highest BCUT2D eigenvalue weighted by Gasteiger charge is 2.25. The number of carbonyl (C=O) groups is 1. The van der Waals surface area contributed by atoms with Crippen molar-refractivity contribution in [2.75, 3.05) is 19.6 Å². The summed E-state index contributed by atoms with van der Waals surface area (Å²) in [5.74, 6) is 0.907. The van der Waals surface area contributed by atoms with Crippen LogP contribution in [0.2, 0.25) is 0 Å². The van der Waals surface area contributed by atoms with Gasteiger partial charge in [0, 0.05) is 18.9 Å². The molecule has 1 aliphatic heterocycles. The lowest BCUT2D eigenvalue weighted by Crippen LogP contribution is -2.44. The molecule has 134 valence electrons. The molecule has 3 heterocycles. The number of carbonyl (C=O) groups excluding carboxylic acids is 1. The fraction of sp³-hybridized carbons (Fsp3) is 0.474. The molecule has 0 radical (unpaired) electrons. The van der Waals surface area contributed by atoms with E-state index in [9.17, 15) is 4.79 Å². The predicted octanol–water partition coefficient (Wildman–Crippen LogP) is 3.26. The van der Waals surface area contributed by atoms with Crippen molar-refractivity contribution >= 4 is 6.03 Å². The number of hydrogen-bond donors (Lipinski definition) is 2. The highest BCUT2D eigenvalue weighted by atomic mass is 16.3. The maximum atomic E-state index is 12.3. The topological polar surface area (TPSA) is 70.4 Å². The number of aromatic nitrogens is 1. The Labute approximate surface area is 148 Å². The van der Waals surface area contributed by atoms with Crippen molar-refractivity contribution in [2.24, 2.45) is 0 Å². The lowest BCUT2D eigenvalue weighted by atomic mass is 10.1. The van der Waals surface area contributed by atoms with Gasteiger partial charge in [-0.15, -0.1) is 0 Å². The molecule has 1 fully saturated rings. The molecule has 2 atom stereocenters. The molecular formula is C19H26N4O2. The fourth-order valence-electron chi connectivity index (χ4n) is 3.29. The van der Waals surface area contributed by atoms with Gasteiger partial charge in [-0.1, -0.05) is 6.42 Å². The largest absolute Gasteiger partial charge is 0.468 e. The molecule has 1 aliphatic rings. The predicted molar refractivity (Wildman–Crippen MR) is 96.1 cm³/mol. The Morgan fingerprint density at radius 1 is 1.24 bits per heavy atom. The second-order valence-corrected chi connectivity index (χ2v) is 6.48. The van der Waals surface area contributed by atoms with Crippen LogP contribution in [0.1, 0.15) is 49.6 Å². The lowest BCUT2D eigenvalue weighted by molar-refractivity contribution is 0.143. The van der Waals surface area contributed by atoms with Gasteiger partial charge in [-0.25, -0.2) is 4.79 Å². The Balaban J connectivity index is 1.56. The van der Waals surface area contributed by atoms with Gasteiger partial charge < -0.3 is 15.1 Å². The van der Waals surface area contributed by atoms with Crippen molar-refractivity contribution in [3.8, 4) is 0 Å². The Morgan fingerprint density at radius 3 is 2.68 bits per heavy atom. The summed E-state index contributed by atoms with van der Waals surface area (Å²) >= 11 is 0. The smallest absolute Gasteiger partial charge is 0.315 e. The van der Waals surface area contributed by atoms with Gasteiger partial charge in [0.1, 0.15) is 5.76 Å². The molecule has 3 rings (SSSR count). The van der Waals surface area contributed by atoms with Crippen LogP contribution in [-0.2, 0) is 0 Å². The second kappa shape index (κ2) is 8.67. The minimum atomic E-state index is -0.169. The minimum absolute atomic E-state index is 0.0694. The molecule has 6 nitrogen and oxygen atoms in total. The highest BCUT2D eigenvalue weighted by Crippen LogP contribution is 2.24. The van der Waals surface area contributed by atoms with Crippen molar-refractivity contribution < 1.29 is 9.21 Å². The van der Waals surface area contributed by atoms with Gasteiger partial charge in [0.15, 0.2) is 0 Å². The van der Waals surface area contributed by atoms with Gasteiger partial charge in [0.05, 0.1) is 18.3 Å². The van der Waals surface area contributed by atoms with Crippen molar-refractivity contribution in [1.82, 2.24) is 20.5 Å². The number of furan rings is 1. The average molecular weight is 342 g/mol. The lowest BCUT2D eigenvalue weighted by Gasteiger charge is -2.33. The fourth-order valence-corrected chi connectivity index (χ4v) is 3.29. The van der Waals surface area contributed by atoms with Gasteiger partial charge >= 0.3 is 6.03 Å². The van der Waals surface area contributed by atoms with E-state index < -0.39 is 0 Å². The normalized spacial score (nSPS) is 17.6. The van der Waals surface area contributed by atoms with Gasteiger partial charge in [0.25, 0.3) is 0 Å². The van der Waals surface area contributed by atoms with Crippen molar-refractivity contribution in [3.63, 3.8) is 0 Å². The van der Waals surface area contributed by atoms with Crippen LogP contribution in [0.15, 0.2) is 47.3 Å². The maximum Gasteiger partial charge on any atom is 0.315 e. The van der Waals surface area contributed by atoms with Gasteiger partial charge in [-0.05, 0) is 62.7 Å². The molecular weight excluding hydrogens is 316 g/mol. The standard InChI is InChI=1S/C19H26N4O2/c1-15(16-7-9-20-10-8-16)22-19(24)21-14-17(18-6-5-13-25-18)23-11-3-2-4-12-23/h5-10,13,15,17H,2-4,11-12,14H2,1H3,(H2,21,22,24). The first-order chi connectivity index (χ1) is 12.2. The number of likely N-dealkylation sites (tertiary alicyclic amines) is 1.